The Bertz CT molecular complexity index is 1350. The minimum absolute atomic E-state index is 0.0474. The van der Waals surface area contributed by atoms with Crippen molar-refractivity contribution in [1.29, 1.82) is 0 Å². The number of hydrogen-bond donors (Lipinski definition) is 0. The predicted molar refractivity (Wildman–Crippen MR) is 135 cm³/mol. The lowest BCUT2D eigenvalue weighted by atomic mass is 10.1. The smallest absolute Gasteiger partial charge is 0.419 e. The Balaban J connectivity index is 1.43. The summed E-state index contributed by atoms with van der Waals surface area (Å²) in [5, 5.41) is 3.84. The molecule has 2 heterocycles. The van der Waals surface area contributed by atoms with Gasteiger partial charge < -0.3 is 14.0 Å². The normalized spacial score (nSPS) is 16.2. The first-order chi connectivity index (χ1) is 19.1. The quantitative estimate of drug-likeness (QED) is 0.208. The Labute approximate surface area is 232 Å². The number of nitrogens with zero attached hydrogens (tertiary/aromatic N) is 3. The van der Waals surface area contributed by atoms with Crippen LogP contribution < -0.4 is 4.74 Å². The predicted octanol–water partition coefficient (Wildman–Crippen LogP) is 7.86. The molecule has 1 fully saturated rings. The fraction of sp³-hybridized carbons (Fsp3) is 0.464. The number of aryl methyl sites for hydroxylation is 1. The van der Waals surface area contributed by atoms with Crippen LogP contribution in [0.25, 0.3) is 11.4 Å². The molecule has 0 aliphatic carbocycles. The molecule has 41 heavy (non-hydrogen) atoms. The molecule has 1 aliphatic rings. The van der Waals surface area contributed by atoms with Crippen LogP contribution in [0.4, 0.5) is 31.1 Å². The van der Waals surface area contributed by atoms with Gasteiger partial charge in [-0.1, -0.05) is 17.3 Å². The van der Waals surface area contributed by atoms with Gasteiger partial charge in [-0.2, -0.15) is 31.3 Å². The number of carbonyl (C=O) groups excluding carboxylic acids is 1. The van der Waals surface area contributed by atoms with Crippen molar-refractivity contribution in [2.75, 3.05) is 13.2 Å². The third-order valence-corrected chi connectivity index (χ3v) is 6.30. The molecular weight excluding hydrogens is 556 g/mol. The summed E-state index contributed by atoms with van der Waals surface area (Å²) in [6.07, 6.45) is -7.91. The van der Waals surface area contributed by atoms with E-state index in [4.69, 9.17) is 14.0 Å². The molecule has 222 valence electrons. The van der Waals surface area contributed by atoms with Gasteiger partial charge in [0.15, 0.2) is 0 Å². The topological polar surface area (TPSA) is 77.7 Å². The number of ether oxygens (including phenoxy) is 2. The summed E-state index contributed by atoms with van der Waals surface area (Å²) < 4.78 is 95.9. The number of amides is 1. The van der Waals surface area contributed by atoms with Crippen LogP contribution in [-0.4, -0.2) is 39.9 Å². The van der Waals surface area contributed by atoms with Gasteiger partial charge in [-0.25, -0.2) is 4.79 Å². The van der Waals surface area contributed by atoms with Crippen LogP contribution in [0.2, 0.25) is 0 Å². The highest BCUT2D eigenvalue weighted by molar-refractivity contribution is 5.69. The zero-order chi connectivity index (χ0) is 30.0. The van der Waals surface area contributed by atoms with Gasteiger partial charge in [-0.3, -0.25) is 4.90 Å². The van der Waals surface area contributed by atoms with Gasteiger partial charge in [-0.05, 0) is 82.3 Å². The monoisotopic (exact) mass is 585 g/mol. The van der Waals surface area contributed by atoms with E-state index in [9.17, 15) is 31.1 Å². The molecule has 13 heteroatoms. The lowest BCUT2D eigenvalue weighted by Crippen LogP contribution is -2.36. The highest BCUT2D eigenvalue weighted by Gasteiger charge is 2.38. The summed E-state index contributed by atoms with van der Waals surface area (Å²) in [4.78, 5) is 18.3. The average Bonchev–Trinajstić information content (AvgIpc) is 3.55. The van der Waals surface area contributed by atoms with Crippen LogP contribution in [0.1, 0.15) is 68.7 Å². The van der Waals surface area contributed by atoms with Crippen molar-refractivity contribution in [2.24, 2.45) is 0 Å². The second-order valence-corrected chi connectivity index (χ2v) is 10.6. The van der Waals surface area contributed by atoms with Gasteiger partial charge in [0.25, 0.3) is 0 Å². The SMILES string of the molecule is CC(C)(C)OC(=O)N1CCC[C@H]1c1nc(-c2ccc(OCCCc3ccc(C(F)(F)F)cc3)c(C(F)(F)F)c2)no1. The van der Waals surface area contributed by atoms with Crippen LogP contribution in [0.5, 0.6) is 5.75 Å². The van der Waals surface area contributed by atoms with Crippen molar-refractivity contribution in [1.82, 2.24) is 15.0 Å². The summed E-state index contributed by atoms with van der Waals surface area (Å²) in [6, 6.07) is 7.42. The number of alkyl halides is 6. The largest absolute Gasteiger partial charge is 0.493 e. The van der Waals surface area contributed by atoms with E-state index in [-0.39, 0.29) is 30.3 Å². The summed E-state index contributed by atoms with van der Waals surface area (Å²) >= 11 is 0. The van der Waals surface area contributed by atoms with E-state index in [1.54, 1.807) is 20.8 Å². The summed E-state index contributed by atoms with van der Waals surface area (Å²) in [6.45, 7) is 5.56. The molecule has 3 aromatic rings. The maximum absolute atomic E-state index is 13.9. The molecule has 1 atom stereocenters. The molecule has 1 amide bonds. The van der Waals surface area contributed by atoms with Gasteiger partial charge in [0.1, 0.15) is 17.4 Å². The molecule has 0 saturated carbocycles. The number of carbonyl (C=O) groups is 1. The lowest BCUT2D eigenvalue weighted by molar-refractivity contribution is -0.139. The second-order valence-electron chi connectivity index (χ2n) is 10.6. The molecule has 1 aliphatic heterocycles. The standard InChI is InChI=1S/C28H29F6N3O4/c1-26(2,3)40-25(38)37-14-4-7-21(37)24-35-23(36-41-24)18-10-13-22(20(16-18)28(32,33)34)39-15-5-6-17-8-11-19(12-9-17)27(29,30)31/h8-13,16,21H,4-7,14-15H2,1-3H3/t21-/m0/s1. The van der Waals surface area contributed by atoms with Crippen LogP contribution in [0.15, 0.2) is 47.0 Å². The van der Waals surface area contributed by atoms with E-state index in [1.807, 2.05) is 0 Å². The Morgan fingerprint density at radius 2 is 1.73 bits per heavy atom. The van der Waals surface area contributed by atoms with Crippen molar-refractivity contribution in [3.05, 3.63) is 65.0 Å². The van der Waals surface area contributed by atoms with Gasteiger partial charge in [0.2, 0.25) is 11.7 Å². The van der Waals surface area contributed by atoms with E-state index in [2.05, 4.69) is 10.1 Å². The van der Waals surface area contributed by atoms with Gasteiger partial charge in [0, 0.05) is 12.1 Å². The first-order valence-electron chi connectivity index (χ1n) is 13.0. The number of hydrogen-bond acceptors (Lipinski definition) is 6. The van der Waals surface area contributed by atoms with Gasteiger partial charge >= 0.3 is 18.4 Å². The van der Waals surface area contributed by atoms with Crippen molar-refractivity contribution in [2.45, 2.75) is 70.4 Å². The van der Waals surface area contributed by atoms with E-state index in [1.165, 1.54) is 23.1 Å². The number of rotatable bonds is 7. The fourth-order valence-electron chi connectivity index (χ4n) is 4.39. The number of aromatic nitrogens is 2. The van der Waals surface area contributed by atoms with Crippen LogP contribution in [0.3, 0.4) is 0 Å². The van der Waals surface area contributed by atoms with Crippen LogP contribution in [-0.2, 0) is 23.5 Å². The van der Waals surface area contributed by atoms with E-state index in [0.717, 1.165) is 24.3 Å². The average molecular weight is 586 g/mol. The minimum Gasteiger partial charge on any atom is -0.493 e. The van der Waals surface area contributed by atoms with Crippen molar-refractivity contribution in [3.63, 3.8) is 0 Å². The molecule has 1 aromatic heterocycles. The molecule has 0 unspecified atom stereocenters. The molecule has 4 rings (SSSR count). The van der Waals surface area contributed by atoms with Crippen molar-refractivity contribution < 1.29 is 45.1 Å². The number of halogens is 6. The number of benzene rings is 2. The van der Waals surface area contributed by atoms with E-state index < -0.39 is 47.0 Å². The molecule has 0 radical (unpaired) electrons. The van der Waals surface area contributed by atoms with Gasteiger partial charge in [0.05, 0.1) is 17.7 Å². The van der Waals surface area contributed by atoms with Gasteiger partial charge in [-0.15, -0.1) is 0 Å². The Kier molecular flexibility index (Phi) is 8.55. The maximum atomic E-state index is 13.9. The van der Waals surface area contributed by atoms with Crippen LogP contribution in [0, 0.1) is 0 Å². The molecule has 0 bridgehead atoms. The minimum atomic E-state index is -4.75. The Morgan fingerprint density at radius 1 is 1.02 bits per heavy atom. The first-order valence-corrected chi connectivity index (χ1v) is 13.0. The molecule has 0 spiro atoms. The molecule has 2 aromatic carbocycles. The third-order valence-electron chi connectivity index (χ3n) is 6.30. The Hall–Kier alpha value is -3.77. The Morgan fingerprint density at radius 3 is 2.37 bits per heavy atom. The molecular formula is C28H29F6N3O4. The number of likely N-dealkylation sites (tertiary alicyclic amines) is 1. The zero-order valence-electron chi connectivity index (χ0n) is 22.6. The van der Waals surface area contributed by atoms with Crippen molar-refractivity contribution in [3.8, 4) is 17.1 Å². The lowest BCUT2D eigenvalue weighted by Gasteiger charge is -2.26. The molecule has 1 saturated heterocycles. The highest BCUT2D eigenvalue weighted by Crippen LogP contribution is 2.39. The van der Waals surface area contributed by atoms with Crippen LogP contribution >= 0.6 is 0 Å². The summed E-state index contributed by atoms with van der Waals surface area (Å²) in [7, 11) is 0. The highest BCUT2D eigenvalue weighted by atomic mass is 19.4. The van der Waals surface area contributed by atoms with E-state index in [0.29, 0.717) is 31.4 Å². The summed E-state index contributed by atoms with van der Waals surface area (Å²) in [5.41, 5.74) is -1.86. The fourth-order valence-corrected chi connectivity index (χ4v) is 4.39. The summed E-state index contributed by atoms with van der Waals surface area (Å²) in [5.74, 6) is -0.375. The maximum Gasteiger partial charge on any atom is 0.419 e. The van der Waals surface area contributed by atoms with Crippen molar-refractivity contribution >= 4 is 6.09 Å². The molecule has 0 N–H and O–H groups in total. The first kappa shape index (κ1) is 30.2. The second kappa shape index (κ2) is 11.6. The zero-order valence-corrected chi connectivity index (χ0v) is 22.6. The van der Waals surface area contributed by atoms with E-state index >= 15 is 0 Å². The molecule has 7 nitrogen and oxygen atoms in total. The third kappa shape index (κ3) is 7.70.